The Hall–Kier alpha value is -1.13. The fraction of sp³-hybridized carbons (Fsp3) is 0.875. The molecule has 0 unspecified atom stereocenters. The summed E-state index contributed by atoms with van der Waals surface area (Å²) in [6, 6.07) is 0. The van der Waals surface area contributed by atoms with E-state index in [0.29, 0.717) is 0 Å². The molecule has 1 aliphatic heterocycles. The van der Waals surface area contributed by atoms with Crippen molar-refractivity contribution in [1.29, 1.82) is 0 Å². The zero-order valence-electron chi connectivity index (χ0n) is 7.98. The van der Waals surface area contributed by atoms with Crippen molar-refractivity contribution >= 4 is 5.95 Å². The fourth-order valence-corrected chi connectivity index (χ4v) is 1.76. The maximum absolute atomic E-state index is 4.01. The first-order valence-corrected chi connectivity index (χ1v) is 4.85. The van der Waals surface area contributed by atoms with Gasteiger partial charge in [-0.2, -0.15) is 0 Å². The summed E-state index contributed by atoms with van der Waals surface area (Å²) in [5.41, 5.74) is 0. The third kappa shape index (κ3) is 1.79. The van der Waals surface area contributed by atoms with Crippen molar-refractivity contribution in [2.45, 2.75) is 25.7 Å². The summed E-state index contributed by atoms with van der Waals surface area (Å²) in [6.45, 7) is 2.18. The largest absolute Gasteiger partial charge is 0.340 e. The monoisotopic (exact) mass is 181 g/mol. The topological polar surface area (TPSA) is 46.8 Å². The Bertz CT molecular complexity index is 261. The van der Waals surface area contributed by atoms with Gasteiger partial charge >= 0.3 is 0 Å². The predicted octanol–water partition coefficient (Wildman–Crippen LogP) is 0.590. The van der Waals surface area contributed by atoms with Crippen LogP contribution in [-0.4, -0.2) is 33.3 Å². The van der Waals surface area contributed by atoms with E-state index in [-0.39, 0.29) is 0 Å². The molecule has 0 saturated carbocycles. The van der Waals surface area contributed by atoms with E-state index in [1.807, 2.05) is 7.05 Å². The van der Waals surface area contributed by atoms with Crippen LogP contribution >= 0.6 is 0 Å². The molecule has 0 radical (unpaired) electrons. The minimum absolute atomic E-state index is 0.905. The Balaban J connectivity index is 2.10. The molecule has 5 heteroatoms. The molecule has 1 aliphatic rings. The van der Waals surface area contributed by atoms with Crippen LogP contribution in [0.5, 0.6) is 0 Å². The molecule has 1 fully saturated rings. The van der Waals surface area contributed by atoms with E-state index in [1.54, 1.807) is 4.68 Å². The van der Waals surface area contributed by atoms with E-state index in [2.05, 4.69) is 20.4 Å². The SMILES string of the molecule is Cn1nnnc1N1CCCCCC1. The molecule has 72 valence electrons. The highest BCUT2D eigenvalue weighted by Crippen LogP contribution is 2.14. The van der Waals surface area contributed by atoms with Gasteiger partial charge in [0.1, 0.15) is 0 Å². The van der Waals surface area contributed by atoms with Crippen LogP contribution in [0, 0.1) is 0 Å². The molecule has 1 aromatic heterocycles. The molecular formula is C8H15N5. The van der Waals surface area contributed by atoms with Crippen LogP contribution in [-0.2, 0) is 7.05 Å². The van der Waals surface area contributed by atoms with Crippen molar-refractivity contribution in [3.63, 3.8) is 0 Å². The van der Waals surface area contributed by atoms with Gasteiger partial charge in [0, 0.05) is 20.1 Å². The summed E-state index contributed by atoms with van der Waals surface area (Å²) >= 11 is 0. The van der Waals surface area contributed by atoms with Crippen LogP contribution in [0.2, 0.25) is 0 Å². The number of rotatable bonds is 1. The molecular weight excluding hydrogens is 166 g/mol. The third-order valence-electron chi connectivity index (χ3n) is 2.49. The van der Waals surface area contributed by atoms with E-state index in [4.69, 9.17) is 0 Å². The average molecular weight is 181 g/mol. The lowest BCUT2D eigenvalue weighted by molar-refractivity contribution is 0.678. The van der Waals surface area contributed by atoms with E-state index >= 15 is 0 Å². The van der Waals surface area contributed by atoms with Crippen molar-refractivity contribution < 1.29 is 0 Å². The molecule has 13 heavy (non-hydrogen) atoms. The van der Waals surface area contributed by atoms with Gasteiger partial charge in [0.25, 0.3) is 0 Å². The Labute approximate surface area is 77.7 Å². The van der Waals surface area contributed by atoms with Gasteiger partial charge in [-0.25, -0.2) is 4.68 Å². The lowest BCUT2D eigenvalue weighted by Gasteiger charge is -2.19. The first-order chi connectivity index (χ1) is 6.38. The smallest absolute Gasteiger partial charge is 0.245 e. The maximum atomic E-state index is 4.01. The zero-order valence-corrected chi connectivity index (χ0v) is 7.98. The first-order valence-electron chi connectivity index (χ1n) is 4.85. The Kier molecular flexibility index (Phi) is 2.42. The predicted molar refractivity (Wildman–Crippen MR) is 49.5 cm³/mol. The van der Waals surface area contributed by atoms with Gasteiger partial charge in [-0.1, -0.05) is 17.9 Å². The molecule has 1 saturated heterocycles. The van der Waals surface area contributed by atoms with Crippen molar-refractivity contribution in [3.8, 4) is 0 Å². The lowest BCUT2D eigenvalue weighted by Crippen LogP contribution is -2.26. The number of tetrazole rings is 1. The third-order valence-corrected chi connectivity index (χ3v) is 2.49. The number of aryl methyl sites for hydroxylation is 1. The van der Waals surface area contributed by atoms with Gasteiger partial charge in [0.15, 0.2) is 0 Å². The summed E-state index contributed by atoms with van der Waals surface area (Å²) in [6.07, 6.45) is 5.18. The first kappa shape index (κ1) is 8.47. The summed E-state index contributed by atoms with van der Waals surface area (Å²) in [5.74, 6) is 0.905. The molecule has 0 amide bonds. The Morgan fingerprint density at radius 2 is 1.77 bits per heavy atom. The van der Waals surface area contributed by atoms with Crippen LogP contribution in [0.25, 0.3) is 0 Å². The lowest BCUT2D eigenvalue weighted by atomic mass is 10.2. The van der Waals surface area contributed by atoms with Crippen LogP contribution in [0.1, 0.15) is 25.7 Å². The van der Waals surface area contributed by atoms with E-state index in [9.17, 15) is 0 Å². The molecule has 5 nitrogen and oxygen atoms in total. The van der Waals surface area contributed by atoms with Gasteiger partial charge in [-0.3, -0.25) is 0 Å². The number of aromatic nitrogens is 4. The van der Waals surface area contributed by atoms with E-state index < -0.39 is 0 Å². The highest BCUT2D eigenvalue weighted by atomic mass is 15.6. The zero-order chi connectivity index (χ0) is 9.10. The maximum Gasteiger partial charge on any atom is 0.245 e. The van der Waals surface area contributed by atoms with Gasteiger partial charge in [0.2, 0.25) is 5.95 Å². The molecule has 0 N–H and O–H groups in total. The van der Waals surface area contributed by atoms with Gasteiger partial charge in [-0.15, -0.1) is 0 Å². The van der Waals surface area contributed by atoms with Crippen molar-refractivity contribution in [1.82, 2.24) is 20.2 Å². The summed E-state index contributed by atoms with van der Waals surface area (Å²) in [5, 5.41) is 11.5. The molecule has 0 aliphatic carbocycles. The highest BCUT2D eigenvalue weighted by Gasteiger charge is 2.14. The average Bonchev–Trinajstić information content (AvgIpc) is 2.43. The normalized spacial score (nSPS) is 18.7. The van der Waals surface area contributed by atoms with E-state index in [1.165, 1.54) is 25.7 Å². The number of hydrogen-bond donors (Lipinski definition) is 0. The van der Waals surface area contributed by atoms with Crippen molar-refractivity contribution in [3.05, 3.63) is 0 Å². The molecule has 0 atom stereocenters. The second kappa shape index (κ2) is 3.72. The number of hydrogen-bond acceptors (Lipinski definition) is 4. The second-order valence-corrected chi connectivity index (χ2v) is 3.50. The quantitative estimate of drug-likeness (QED) is 0.636. The van der Waals surface area contributed by atoms with Crippen LogP contribution in [0.3, 0.4) is 0 Å². The summed E-state index contributed by atoms with van der Waals surface area (Å²) in [4.78, 5) is 2.27. The Morgan fingerprint density at radius 1 is 1.08 bits per heavy atom. The number of nitrogens with zero attached hydrogens (tertiary/aromatic N) is 5. The van der Waals surface area contributed by atoms with Crippen molar-refractivity contribution in [2.24, 2.45) is 7.05 Å². The van der Waals surface area contributed by atoms with Crippen LogP contribution < -0.4 is 4.90 Å². The van der Waals surface area contributed by atoms with Crippen molar-refractivity contribution in [2.75, 3.05) is 18.0 Å². The molecule has 2 rings (SSSR count). The second-order valence-electron chi connectivity index (χ2n) is 3.50. The summed E-state index contributed by atoms with van der Waals surface area (Å²) in [7, 11) is 1.89. The van der Waals surface area contributed by atoms with Gasteiger partial charge < -0.3 is 4.90 Å². The van der Waals surface area contributed by atoms with E-state index in [0.717, 1.165) is 19.0 Å². The minimum atomic E-state index is 0.905. The molecule has 1 aromatic rings. The fourth-order valence-electron chi connectivity index (χ4n) is 1.76. The summed E-state index contributed by atoms with van der Waals surface area (Å²) < 4.78 is 1.74. The molecule has 0 aromatic carbocycles. The van der Waals surface area contributed by atoms with Crippen LogP contribution in [0.4, 0.5) is 5.95 Å². The standard InChI is InChI=1S/C8H15N5/c1-12-8(9-10-11-12)13-6-4-2-3-5-7-13/h2-7H2,1H3. The highest BCUT2D eigenvalue weighted by molar-refractivity contribution is 5.27. The van der Waals surface area contributed by atoms with Gasteiger partial charge in [-0.05, 0) is 23.3 Å². The minimum Gasteiger partial charge on any atom is -0.340 e. The number of anilines is 1. The molecule has 0 spiro atoms. The molecule has 2 heterocycles. The molecule has 0 bridgehead atoms. The Morgan fingerprint density at radius 3 is 2.31 bits per heavy atom. The van der Waals surface area contributed by atoms with Crippen LogP contribution in [0.15, 0.2) is 0 Å². The van der Waals surface area contributed by atoms with Gasteiger partial charge in [0.05, 0.1) is 0 Å².